The number of ether oxygens (including phenoxy) is 2. The maximum Gasteiger partial charge on any atom is 0.303 e. The second-order valence-electron chi connectivity index (χ2n) is 10.3. The van der Waals surface area contributed by atoms with Crippen LogP contribution in [0, 0.1) is 32.8 Å². The summed E-state index contributed by atoms with van der Waals surface area (Å²) in [4.78, 5) is 38.5. The second kappa shape index (κ2) is 6.60. The minimum Gasteiger partial charge on any atom is -0.450 e. The van der Waals surface area contributed by atoms with Gasteiger partial charge in [0.15, 0.2) is 11.9 Å². The molecule has 0 aromatic rings. The van der Waals surface area contributed by atoms with Gasteiger partial charge in [0.25, 0.3) is 0 Å². The van der Waals surface area contributed by atoms with Crippen LogP contribution in [0.15, 0.2) is 11.1 Å². The highest BCUT2D eigenvalue weighted by Crippen LogP contribution is 2.62. The average molecular weight is 421 g/mol. The van der Waals surface area contributed by atoms with Gasteiger partial charge < -0.3 is 14.6 Å². The maximum absolute atomic E-state index is 14.0. The number of carbonyl (C=O) groups is 2. The molecular weight excluding hydrogens is 390 g/mol. The van der Waals surface area contributed by atoms with E-state index in [9.17, 15) is 24.8 Å². The van der Waals surface area contributed by atoms with E-state index in [2.05, 4.69) is 0 Å². The van der Waals surface area contributed by atoms with Crippen LogP contribution in [0.1, 0.15) is 60.3 Å². The number of nitro groups is 1. The Morgan fingerprint density at radius 2 is 2.00 bits per heavy atom. The second-order valence-corrected chi connectivity index (χ2v) is 10.3. The van der Waals surface area contributed by atoms with Crippen molar-refractivity contribution >= 4 is 11.8 Å². The molecule has 0 aromatic heterocycles. The average Bonchev–Trinajstić information content (AvgIpc) is 2.62. The third kappa shape index (κ3) is 2.52. The first-order chi connectivity index (χ1) is 13.9. The van der Waals surface area contributed by atoms with E-state index in [4.69, 9.17) is 9.47 Å². The summed E-state index contributed by atoms with van der Waals surface area (Å²) in [5.74, 6) is -1.41. The minimum atomic E-state index is -1.32. The predicted octanol–water partition coefficient (Wildman–Crippen LogP) is 2.45. The molecular formula is C22H31NO7. The molecule has 3 aliphatic carbocycles. The first-order valence-electron chi connectivity index (χ1n) is 10.7. The van der Waals surface area contributed by atoms with Crippen LogP contribution in [0.4, 0.5) is 0 Å². The zero-order valence-corrected chi connectivity index (χ0v) is 18.3. The van der Waals surface area contributed by atoms with Gasteiger partial charge in [0.05, 0.1) is 29.6 Å². The van der Waals surface area contributed by atoms with Crippen molar-refractivity contribution in [3.8, 4) is 0 Å². The Morgan fingerprint density at radius 3 is 2.53 bits per heavy atom. The Hall–Kier alpha value is -1.80. The number of allylic oxidation sites excluding steroid dienone is 1. The molecule has 4 rings (SSSR count). The zero-order chi connectivity index (χ0) is 22.2. The highest BCUT2D eigenvalue weighted by molar-refractivity contribution is 5.94. The molecule has 8 nitrogen and oxygen atoms in total. The first-order valence-corrected chi connectivity index (χ1v) is 10.7. The SMILES string of the molecule is CC(=O)OC1C(=O)[C@@]2(C)C(C[C@]3([N+](=O)[O-])CCC(C)=C1C3(C)C)[C@@H]1CO[C@@H]1C[C@@H]2O. The van der Waals surface area contributed by atoms with Crippen molar-refractivity contribution < 1.29 is 29.1 Å². The summed E-state index contributed by atoms with van der Waals surface area (Å²) in [5, 5.41) is 23.7. The summed E-state index contributed by atoms with van der Waals surface area (Å²) in [5.41, 5.74) is -2.16. The molecule has 0 radical (unpaired) electrons. The lowest BCUT2D eigenvalue weighted by Gasteiger charge is -2.60. The number of esters is 1. The predicted molar refractivity (Wildman–Crippen MR) is 106 cm³/mol. The molecule has 7 atom stereocenters. The Morgan fingerprint density at radius 1 is 1.33 bits per heavy atom. The van der Waals surface area contributed by atoms with Gasteiger partial charge in [0.1, 0.15) is 0 Å². The number of nitrogens with zero attached hydrogens (tertiary/aromatic N) is 1. The molecule has 0 spiro atoms. The monoisotopic (exact) mass is 421 g/mol. The van der Waals surface area contributed by atoms with Gasteiger partial charge in [0.2, 0.25) is 5.54 Å². The molecule has 8 heteroatoms. The van der Waals surface area contributed by atoms with E-state index in [1.165, 1.54) is 6.92 Å². The molecule has 1 heterocycles. The molecule has 2 saturated carbocycles. The Bertz CT molecular complexity index is 848. The normalized spacial score (nSPS) is 44.7. The van der Waals surface area contributed by atoms with Gasteiger partial charge in [-0.05, 0) is 45.6 Å². The largest absolute Gasteiger partial charge is 0.450 e. The number of hydrogen-bond acceptors (Lipinski definition) is 7. The third-order valence-electron chi connectivity index (χ3n) is 8.85. The van der Waals surface area contributed by atoms with Gasteiger partial charge in [0, 0.05) is 37.0 Å². The quantitative estimate of drug-likeness (QED) is 0.315. The van der Waals surface area contributed by atoms with Gasteiger partial charge in [-0.1, -0.05) is 5.57 Å². The van der Waals surface area contributed by atoms with Crippen LogP contribution in [0.25, 0.3) is 0 Å². The van der Waals surface area contributed by atoms with Crippen LogP contribution < -0.4 is 0 Å². The molecule has 0 aromatic carbocycles. The Balaban J connectivity index is 1.98. The van der Waals surface area contributed by atoms with E-state index >= 15 is 0 Å². The molecule has 2 unspecified atom stereocenters. The van der Waals surface area contributed by atoms with Crippen LogP contribution in [0.2, 0.25) is 0 Å². The highest BCUT2D eigenvalue weighted by Gasteiger charge is 2.71. The van der Waals surface area contributed by atoms with E-state index in [0.29, 0.717) is 31.4 Å². The van der Waals surface area contributed by atoms with Crippen molar-refractivity contribution in [2.45, 2.75) is 84.2 Å². The van der Waals surface area contributed by atoms with Crippen LogP contribution >= 0.6 is 0 Å². The van der Waals surface area contributed by atoms with Crippen molar-refractivity contribution in [3.05, 3.63) is 21.3 Å². The van der Waals surface area contributed by atoms with Crippen molar-refractivity contribution in [3.63, 3.8) is 0 Å². The van der Waals surface area contributed by atoms with Crippen LogP contribution in [0.3, 0.4) is 0 Å². The summed E-state index contributed by atoms with van der Waals surface area (Å²) < 4.78 is 11.2. The van der Waals surface area contributed by atoms with E-state index in [-0.39, 0.29) is 29.1 Å². The van der Waals surface area contributed by atoms with Crippen molar-refractivity contribution in [1.82, 2.24) is 0 Å². The lowest BCUT2D eigenvalue weighted by Crippen LogP contribution is -2.69. The van der Waals surface area contributed by atoms with Gasteiger partial charge in [-0.25, -0.2) is 0 Å². The lowest BCUT2D eigenvalue weighted by molar-refractivity contribution is -0.595. The molecule has 30 heavy (non-hydrogen) atoms. The van der Waals surface area contributed by atoms with Gasteiger partial charge >= 0.3 is 5.97 Å². The van der Waals surface area contributed by atoms with Crippen LogP contribution in [-0.2, 0) is 19.1 Å². The molecule has 1 aliphatic heterocycles. The number of ketones is 1. The molecule has 3 fully saturated rings. The van der Waals surface area contributed by atoms with Gasteiger partial charge in [-0.3, -0.25) is 19.7 Å². The first kappa shape index (κ1) is 21.4. The smallest absolute Gasteiger partial charge is 0.303 e. The van der Waals surface area contributed by atoms with Crippen molar-refractivity contribution in [2.24, 2.45) is 22.7 Å². The fourth-order valence-electron chi connectivity index (χ4n) is 6.81. The number of aliphatic hydroxyl groups excluding tert-OH is 1. The number of aliphatic hydroxyl groups is 1. The van der Waals surface area contributed by atoms with Crippen LogP contribution in [0.5, 0.6) is 0 Å². The third-order valence-corrected chi connectivity index (χ3v) is 8.85. The highest BCUT2D eigenvalue weighted by atomic mass is 16.6. The molecule has 1 saturated heterocycles. The molecule has 166 valence electrons. The van der Waals surface area contributed by atoms with Gasteiger partial charge in [-0.2, -0.15) is 0 Å². The molecule has 0 amide bonds. The number of carbonyl (C=O) groups excluding carboxylic acids is 2. The zero-order valence-electron chi connectivity index (χ0n) is 18.3. The molecule has 2 bridgehead atoms. The maximum atomic E-state index is 14.0. The Labute approximate surface area is 176 Å². The summed E-state index contributed by atoms with van der Waals surface area (Å²) in [7, 11) is 0. The number of hydrogen-bond donors (Lipinski definition) is 1. The van der Waals surface area contributed by atoms with E-state index < -0.39 is 40.5 Å². The summed E-state index contributed by atoms with van der Waals surface area (Å²) in [6.07, 6.45) is -1.10. The fraction of sp³-hybridized carbons (Fsp3) is 0.818. The minimum absolute atomic E-state index is 0.0264. The van der Waals surface area contributed by atoms with Crippen LogP contribution in [-0.4, -0.2) is 52.2 Å². The fourth-order valence-corrected chi connectivity index (χ4v) is 6.81. The summed E-state index contributed by atoms with van der Waals surface area (Å²) in [6, 6.07) is 0. The molecule has 1 N–H and O–H groups in total. The van der Waals surface area contributed by atoms with E-state index in [1.807, 2.05) is 6.92 Å². The topological polar surface area (TPSA) is 116 Å². The number of rotatable bonds is 2. The van der Waals surface area contributed by atoms with Crippen molar-refractivity contribution in [2.75, 3.05) is 6.61 Å². The Kier molecular flexibility index (Phi) is 4.71. The van der Waals surface area contributed by atoms with E-state index in [1.54, 1.807) is 20.8 Å². The van der Waals surface area contributed by atoms with Crippen molar-refractivity contribution in [1.29, 1.82) is 0 Å². The van der Waals surface area contributed by atoms with E-state index in [0.717, 1.165) is 5.57 Å². The summed E-state index contributed by atoms with van der Waals surface area (Å²) in [6.45, 7) is 8.83. The lowest BCUT2D eigenvalue weighted by atomic mass is 9.46. The number of fused-ring (bicyclic) bond motifs is 5. The standard InChI is InChI=1S/C22H31NO7/c1-11-6-7-22(23(27)28)9-14-13-10-29-15(13)8-16(25)21(14,5)19(26)18(30-12(2)24)17(11)20(22,3)4/h13-16,18,25H,6-10H2,1-5H3/t13-,14?,15+,16-,18?,21-,22+/m0/s1. The van der Waals surface area contributed by atoms with Gasteiger partial charge in [-0.15, -0.1) is 0 Å². The number of Topliss-reactive ketones (excluding diaryl/α,β-unsaturated/α-hetero) is 1. The molecule has 4 aliphatic rings. The summed E-state index contributed by atoms with van der Waals surface area (Å²) >= 11 is 0.